The minimum absolute atomic E-state index is 0.396. The SMILES string of the molecule is C[C@@H](O)c1ccccc1N1CCCN(C)CC1. The largest absolute Gasteiger partial charge is 0.389 e. The summed E-state index contributed by atoms with van der Waals surface area (Å²) in [6.45, 7) is 6.21. The maximum Gasteiger partial charge on any atom is 0.0781 e. The molecule has 1 N–H and O–H groups in total. The van der Waals surface area contributed by atoms with Crippen LogP contribution < -0.4 is 4.90 Å². The molecule has 0 amide bonds. The summed E-state index contributed by atoms with van der Waals surface area (Å²) in [6, 6.07) is 8.19. The van der Waals surface area contributed by atoms with E-state index in [1.807, 2.05) is 19.1 Å². The highest BCUT2D eigenvalue weighted by atomic mass is 16.3. The maximum absolute atomic E-state index is 9.82. The Morgan fingerprint density at radius 3 is 2.65 bits per heavy atom. The standard InChI is InChI=1S/C14H22N2O/c1-12(17)13-6-3-4-7-14(13)16-9-5-8-15(2)10-11-16/h3-4,6-7,12,17H,5,8-11H2,1-2H3/t12-/m1/s1. The molecular formula is C14H22N2O. The van der Waals surface area contributed by atoms with Crippen LogP contribution in [0.3, 0.4) is 0 Å². The molecular weight excluding hydrogens is 212 g/mol. The number of likely N-dealkylation sites (N-methyl/N-ethyl adjacent to an activating group) is 1. The lowest BCUT2D eigenvalue weighted by Crippen LogP contribution is -2.29. The van der Waals surface area contributed by atoms with Crippen molar-refractivity contribution in [2.45, 2.75) is 19.4 Å². The molecule has 0 aromatic heterocycles. The van der Waals surface area contributed by atoms with Gasteiger partial charge in [-0.2, -0.15) is 0 Å². The fourth-order valence-corrected chi connectivity index (χ4v) is 2.42. The van der Waals surface area contributed by atoms with E-state index in [-0.39, 0.29) is 0 Å². The molecule has 1 aliphatic heterocycles. The van der Waals surface area contributed by atoms with Gasteiger partial charge in [0.15, 0.2) is 0 Å². The minimum atomic E-state index is -0.396. The Balaban J connectivity index is 2.21. The number of para-hydroxylation sites is 1. The summed E-state index contributed by atoms with van der Waals surface area (Å²) in [4.78, 5) is 4.76. The molecule has 0 spiro atoms. The molecule has 0 radical (unpaired) electrons. The maximum atomic E-state index is 9.82. The van der Waals surface area contributed by atoms with Crippen molar-refractivity contribution < 1.29 is 5.11 Å². The van der Waals surface area contributed by atoms with Gasteiger partial charge in [0, 0.05) is 30.9 Å². The number of rotatable bonds is 2. The van der Waals surface area contributed by atoms with Gasteiger partial charge in [-0.05, 0) is 33.0 Å². The van der Waals surface area contributed by atoms with Crippen LogP contribution in [-0.4, -0.2) is 43.2 Å². The fraction of sp³-hybridized carbons (Fsp3) is 0.571. The van der Waals surface area contributed by atoms with Gasteiger partial charge in [-0.1, -0.05) is 18.2 Å². The summed E-state index contributed by atoms with van der Waals surface area (Å²) < 4.78 is 0. The Hall–Kier alpha value is -1.06. The highest BCUT2D eigenvalue weighted by molar-refractivity contribution is 5.54. The predicted octanol–water partition coefficient (Wildman–Crippen LogP) is 1.88. The van der Waals surface area contributed by atoms with E-state index in [1.54, 1.807) is 0 Å². The smallest absolute Gasteiger partial charge is 0.0781 e. The van der Waals surface area contributed by atoms with E-state index in [9.17, 15) is 5.11 Å². The van der Waals surface area contributed by atoms with E-state index in [1.165, 1.54) is 12.1 Å². The summed E-state index contributed by atoms with van der Waals surface area (Å²) in [5.41, 5.74) is 2.23. The third-order valence-corrected chi connectivity index (χ3v) is 3.45. The third kappa shape index (κ3) is 2.99. The molecule has 0 aliphatic carbocycles. The number of aliphatic hydroxyl groups excluding tert-OH is 1. The molecule has 1 aromatic carbocycles. The number of anilines is 1. The lowest BCUT2D eigenvalue weighted by Gasteiger charge is -2.26. The Bertz CT molecular complexity index is 365. The van der Waals surface area contributed by atoms with Crippen molar-refractivity contribution in [1.82, 2.24) is 4.90 Å². The van der Waals surface area contributed by atoms with Crippen molar-refractivity contribution in [3.05, 3.63) is 29.8 Å². The van der Waals surface area contributed by atoms with E-state index in [4.69, 9.17) is 0 Å². The van der Waals surface area contributed by atoms with Gasteiger partial charge in [-0.15, -0.1) is 0 Å². The van der Waals surface area contributed by atoms with Crippen LogP contribution in [0.15, 0.2) is 24.3 Å². The molecule has 2 rings (SSSR count). The number of nitrogens with zero attached hydrogens (tertiary/aromatic N) is 2. The topological polar surface area (TPSA) is 26.7 Å². The lowest BCUT2D eigenvalue weighted by atomic mass is 10.1. The second-order valence-corrected chi connectivity index (χ2v) is 4.88. The van der Waals surface area contributed by atoms with Gasteiger partial charge in [0.2, 0.25) is 0 Å². The quantitative estimate of drug-likeness (QED) is 0.846. The van der Waals surface area contributed by atoms with E-state index in [2.05, 4.69) is 29.0 Å². The van der Waals surface area contributed by atoms with Crippen LogP contribution in [0.25, 0.3) is 0 Å². The zero-order valence-electron chi connectivity index (χ0n) is 10.8. The van der Waals surface area contributed by atoms with E-state index in [0.29, 0.717) is 0 Å². The molecule has 0 unspecified atom stereocenters. The van der Waals surface area contributed by atoms with Crippen molar-refractivity contribution in [2.24, 2.45) is 0 Å². The summed E-state index contributed by atoms with van der Waals surface area (Å²) in [5, 5.41) is 9.82. The zero-order valence-corrected chi connectivity index (χ0v) is 10.8. The molecule has 0 bridgehead atoms. The van der Waals surface area contributed by atoms with Crippen molar-refractivity contribution >= 4 is 5.69 Å². The number of aliphatic hydroxyl groups is 1. The average molecular weight is 234 g/mol. The highest BCUT2D eigenvalue weighted by Gasteiger charge is 2.16. The average Bonchev–Trinajstić information content (AvgIpc) is 2.54. The number of benzene rings is 1. The van der Waals surface area contributed by atoms with Crippen molar-refractivity contribution in [3.8, 4) is 0 Å². The van der Waals surface area contributed by atoms with Crippen molar-refractivity contribution in [3.63, 3.8) is 0 Å². The summed E-state index contributed by atoms with van der Waals surface area (Å²) in [5.74, 6) is 0. The first-order valence-electron chi connectivity index (χ1n) is 6.39. The first-order valence-corrected chi connectivity index (χ1v) is 6.39. The third-order valence-electron chi connectivity index (χ3n) is 3.45. The normalized spacial score (nSPS) is 20.1. The summed E-state index contributed by atoms with van der Waals surface area (Å²) >= 11 is 0. The molecule has 3 nitrogen and oxygen atoms in total. The van der Waals surface area contributed by atoms with Gasteiger partial charge in [-0.3, -0.25) is 0 Å². The van der Waals surface area contributed by atoms with Crippen LogP contribution in [0.5, 0.6) is 0 Å². The molecule has 17 heavy (non-hydrogen) atoms. The van der Waals surface area contributed by atoms with Gasteiger partial charge in [0.25, 0.3) is 0 Å². The van der Waals surface area contributed by atoms with Crippen LogP contribution in [0.4, 0.5) is 5.69 Å². The van der Waals surface area contributed by atoms with Gasteiger partial charge in [0.05, 0.1) is 6.10 Å². The van der Waals surface area contributed by atoms with Crippen LogP contribution in [0, 0.1) is 0 Å². The molecule has 1 aromatic rings. The second kappa shape index (κ2) is 5.52. The van der Waals surface area contributed by atoms with E-state index in [0.717, 1.165) is 31.7 Å². The van der Waals surface area contributed by atoms with Crippen molar-refractivity contribution in [2.75, 3.05) is 38.1 Å². The first kappa shape index (κ1) is 12.4. The molecule has 1 saturated heterocycles. The summed E-state index contributed by atoms with van der Waals surface area (Å²) in [6.07, 6.45) is 0.789. The Morgan fingerprint density at radius 1 is 1.12 bits per heavy atom. The molecule has 0 saturated carbocycles. The molecule has 94 valence electrons. The van der Waals surface area contributed by atoms with E-state index >= 15 is 0 Å². The minimum Gasteiger partial charge on any atom is -0.389 e. The number of hydrogen-bond acceptors (Lipinski definition) is 3. The van der Waals surface area contributed by atoms with Gasteiger partial charge >= 0.3 is 0 Å². The summed E-state index contributed by atoms with van der Waals surface area (Å²) in [7, 11) is 2.17. The number of hydrogen-bond donors (Lipinski definition) is 1. The zero-order chi connectivity index (χ0) is 12.3. The second-order valence-electron chi connectivity index (χ2n) is 4.88. The first-order chi connectivity index (χ1) is 8.18. The molecule has 1 aliphatic rings. The predicted molar refractivity (Wildman–Crippen MR) is 71.4 cm³/mol. The van der Waals surface area contributed by atoms with Crippen LogP contribution in [-0.2, 0) is 0 Å². The molecule has 1 heterocycles. The van der Waals surface area contributed by atoms with Crippen LogP contribution in [0.2, 0.25) is 0 Å². The fourth-order valence-electron chi connectivity index (χ4n) is 2.42. The molecule has 1 fully saturated rings. The van der Waals surface area contributed by atoms with Crippen LogP contribution in [0.1, 0.15) is 25.0 Å². The van der Waals surface area contributed by atoms with Gasteiger partial charge in [-0.25, -0.2) is 0 Å². The van der Waals surface area contributed by atoms with E-state index < -0.39 is 6.10 Å². The Kier molecular flexibility index (Phi) is 4.02. The Morgan fingerprint density at radius 2 is 1.88 bits per heavy atom. The molecule has 3 heteroatoms. The highest BCUT2D eigenvalue weighted by Crippen LogP contribution is 2.26. The van der Waals surface area contributed by atoms with Crippen molar-refractivity contribution in [1.29, 1.82) is 0 Å². The van der Waals surface area contributed by atoms with Crippen LogP contribution >= 0.6 is 0 Å². The lowest BCUT2D eigenvalue weighted by molar-refractivity contribution is 0.199. The monoisotopic (exact) mass is 234 g/mol. The van der Waals surface area contributed by atoms with Gasteiger partial charge in [0.1, 0.15) is 0 Å². The van der Waals surface area contributed by atoms with Gasteiger partial charge < -0.3 is 14.9 Å². The molecule has 1 atom stereocenters. The Labute approximate surface area is 104 Å².